The fraction of sp³-hybridized carbons (Fsp3) is 0. The Kier molecular flexibility index (Phi) is 3.59. The largest absolute Gasteiger partial charge is 0.488 e. The highest BCUT2D eigenvalue weighted by Crippen LogP contribution is 2.24. The fourth-order valence-electron chi connectivity index (χ4n) is 1.39. The van der Waals surface area contributed by atoms with Gasteiger partial charge in [-0.1, -0.05) is 12.1 Å². The normalized spacial score (nSPS) is 10.2. The summed E-state index contributed by atoms with van der Waals surface area (Å²) in [5.41, 5.74) is 0.293. The van der Waals surface area contributed by atoms with E-state index in [1.807, 2.05) is 0 Å². The lowest BCUT2D eigenvalue weighted by Gasteiger charge is -2.07. The smallest absolute Gasteiger partial charge is 0.454 e. The Morgan fingerprint density at radius 1 is 0.944 bits per heavy atom. The molecule has 2 aromatic carbocycles. The van der Waals surface area contributed by atoms with Crippen molar-refractivity contribution in [2.24, 2.45) is 0 Å². The van der Waals surface area contributed by atoms with Gasteiger partial charge >= 0.3 is 7.12 Å². The first-order valence-electron chi connectivity index (χ1n) is 5.15. The van der Waals surface area contributed by atoms with Gasteiger partial charge in [0.05, 0.1) is 0 Å². The van der Waals surface area contributed by atoms with E-state index >= 15 is 0 Å². The molecule has 0 spiro atoms. The monoisotopic (exact) mass is 250 g/mol. The predicted octanol–water partition coefficient (Wildman–Crippen LogP) is 1.44. The number of benzene rings is 2. The maximum atomic E-state index is 13.3. The Bertz CT molecular complexity index is 544. The van der Waals surface area contributed by atoms with Gasteiger partial charge in [-0.05, 0) is 29.7 Å². The molecule has 0 heterocycles. The predicted molar refractivity (Wildman–Crippen MR) is 62.7 cm³/mol. The summed E-state index contributed by atoms with van der Waals surface area (Å²) in [6.07, 6.45) is 0. The molecule has 0 aliphatic heterocycles. The topological polar surface area (TPSA) is 49.7 Å². The molecule has 0 radical (unpaired) electrons. The van der Waals surface area contributed by atoms with Crippen molar-refractivity contribution in [1.29, 1.82) is 0 Å². The van der Waals surface area contributed by atoms with E-state index in [0.29, 0.717) is 11.2 Å². The first-order chi connectivity index (χ1) is 8.56. The molecule has 2 N–H and O–H groups in total. The average molecular weight is 250 g/mol. The van der Waals surface area contributed by atoms with Crippen molar-refractivity contribution in [3.8, 4) is 11.5 Å². The zero-order valence-electron chi connectivity index (χ0n) is 9.18. The van der Waals surface area contributed by atoms with Gasteiger partial charge in [0, 0.05) is 6.07 Å². The van der Waals surface area contributed by atoms with Crippen molar-refractivity contribution in [1.82, 2.24) is 0 Å². The van der Waals surface area contributed by atoms with Gasteiger partial charge < -0.3 is 14.8 Å². The van der Waals surface area contributed by atoms with E-state index in [4.69, 9.17) is 14.8 Å². The maximum Gasteiger partial charge on any atom is 0.488 e. The summed E-state index contributed by atoms with van der Waals surface area (Å²) in [7, 11) is -1.57. The van der Waals surface area contributed by atoms with Crippen LogP contribution in [0.25, 0.3) is 0 Å². The Morgan fingerprint density at radius 3 is 2.17 bits per heavy atom. The van der Waals surface area contributed by atoms with Crippen LogP contribution in [0, 0.1) is 11.6 Å². The van der Waals surface area contributed by atoms with Crippen molar-refractivity contribution in [2.45, 2.75) is 0 Å². The molecule has 6 heteroatoms. The van der Waals surface area contributed by atoms with E-state index in [1.165, 1.54) is 30.3 Å². The zero-order valence-corrected chi connectivity index (χ0v) is 9.18. The zero-order chi connectivity index (χ0) is 13.1. The van der Waals surface area contributed by atoms with Gasteiger partial charge in [-0.15, -0.1) is 0 Å². The minimum Gasteiger partial charge on any atom is -0.454 e. The number of halogens is 2. The molecule has 0 atom stereocenters. The quantitative estimate of drug-likeness (QED) is 0.810. The van der Waals surface area contributed by atoms with E-state index in [9.17, 15) is 8.78 Å². The van der Waals surface area contributed by atoms with E-state index in [1.54, 1.807) is 0 Å². The lowest BCUT2D eigenvalue weighted by Crippen LogP contribution is -2.29. The third-order valence-electron chi connectivity index (χ3n) is 2.30. The van der Waals surface area contributed by atoms with Gasteiger partial charge in [0.25, 0.3) is 0 Å². The molecule has 2 aromatic rings. The number of rotatable bonds is 3. The summed E-state index contributed by atoms with van der Waals surface area (Å²) in [5, 5.41) is 17.8. The highest BCUT2D eigenvalue weighted by molar-refractivity contribution is 6.58. The highest BCUT2D eigenvalue weighted by atomic mass is 19.1. The number of hydrogen-bond acceptors (Lipinski definition) is 3. The molecule has 0 saturated heterocycles. The lowest BCUT2D eigenvalue weighted by molar-refractivity contribution is 0.425. The molecule has 0 saturated carbocycles. The number of ether oxygens (including phenoxy) is 1. The molecule has 0 aromatic heterocycles. The van der Waals surface area contributed by atoms with Gasteiger partial charge in [0.15, 0.2) is 11.6 Å². The summed E-state index contributed by atoms with van der Waals surface area (Å²) in [5.74, 6) is -1.28. The molecular weight excluding hydrogens is 241 g/mol. The van der Waals surface area contributed by atoms with Crippen molar-refractivity contribution in [3.05, 3.63) is 54.1 Å². The van der Waals surface area contributed by atoms with Crippen molar-refractivity contribution >= 4 is 12.6 Å². The summed E-state index contributed by atoms with van der Waals surface area (Å²) in [6, 6.07) is 8.77. The Labute approximate surface area is 102 Å². The molecule has 2 rings (SSSR count). The summed E-state index contributed by atoms with van der Waals surface area (Å²) < 4.78 is 31.2. The highest BCUT2D eigenvalue weighted by Gasteiger charge is 2.11. The average Bonchev–Trinajstić information content (AvgIpc) is 2.33. The maximum absolute atomic E-state index is 13.3. The second-order valence-electron chi connectivity index (χ2n) is 3.62. The second kappa shape index (κ2) is 5.16. The third-order valence-corrected chi connectivity index (χ3v) is 2.30. The lowest BCUT2D eigenvalue weighted by atomic mass is 9.80. The SMILES string of the molecule is OB(O)c1ccc(Oc2ccc(F)cc2F)cc1. The molecule has 0 aliphatic carbocycles. The van der Waals surface area contributed by atoms with Crippen molar-refractivity contribution in [2.75, 3.05) is 0 Å². The molecule has 0 fully saturated rings. The van der Waals surface area contributed by atoms with E-state index in [0.717, 1.165) is 12.1 Å². The first kappa shape index (κ1) is 12.5. The molecule has 18 heavy (non-hydrogen) atoms. The van der Waals surface area contributed by atoms with Gasteiger partial charge in [0.1, 0.15) is 11.6 Å². The standard InChI is InChI=1S/C12H9BF2O3/c14-9-3-6-12(11(15)7-9)18-10-4-1-8(2-5-10)13(16)17/h1-7,16-17H. The molecule has 3 nitrogen and oxygen atoms in total. The van der Waals surface area contributed by atoms with Crippen LogP contribution in [-0.4, -0.2) is 17.2 Å². The second-order valence-corrected chi connectivity index (χ2v) is 3.62. The van der Waals surface area contributed by atoms with Crippen molar-refractivity contribution in [3.63, 3.8) is 0 Å². The summed E-state index contributed by atoms with van der Waals surface area (Å²) >= 11 is 0. The van der Waals surface area contributed by atoms with Crippen LogP contribution in [0.2, 0.25) is 0 Å². The van der Waals surface area contributed by atoms with E-state index < -0.39 is 18.8 Å². The van der Waals surface area contributed by atoms with Crippen LogP contribution in [0.5, 0.6) is 11.5 Å². The van der Waals surface area contributed by atoms with Gasteiger partial charge in [-0.2, -0.15) is 0 Å². The van der Waals surface area contributed by atoms with Crippen LogP contribution < -0.4 is 10.2 Å². The van der Waals surface area contributed by atoms with Crippen LogP contribution in [0.1, 0.15) is 0 Å². The van der Waals surface area contributed by atoms with Gasteiger partial charge in [-0.3, -0.25) is 0 Å². The van der Waals surface area contributed by atoms with Crippen LogP contribution in [0.15, 0.2) is 42.5 Å². The molecule has 92 valence electrons. The van der Waals surface area contributed by atoms with Crippen LogP contribution in [0.4, 0.5) is 8.78 Å². The Balaban J connectivity index is 2.18. The molecule has 0 amide bonds. The molecule has 0 bridgehead atoms. The molecule has 0 aliphatic rings. The minimum atomic E-state index is -1.57. The van der Waals surface area contributed by atoms with E-state index in [-0.39, 0.29) is 5.75 Å². The van der Waals surface area contributed by atoms with E-state index in [2.05, 4.69) is 0 Å². The fourth-order valence-corrected chi connectivity index (χ4v) is 1.39. The summed E-state index contributed by atoms with van der Waals surface area (Å²) in [6.45, 7) is 0. The molecule has 0 unspecified atom stereocenters. The number of hydrogen-bond donors (Lipinski definition) is 2. The third kappa shape index (κ3) is 2.85. The molecular formula is C12H9BF2O3. The van der Waals surface area contributed by atoms with Crippen LogP contribution in [0.3, 0.4) is 0 Å². The minimum absolute atomic E-state index is 0.103. The van der Waals surface area contributed by atoms with Crippen molar-refractivity contribution < 1.29 is 23.6 Å². The van der Waals surface area contributed by atoms with Crippen LogP contribution >= 0.6 is 0 Å². The van der Waals surface area contributed by atoms with Crippen LogP contribution in [-0.2, 0) is 0 Å². The Hall–Kier alpha value is -1.92. The van der Waals surface area contributed by atoms with Gasteiger partial charge in [-0.25, -0.2) is 8.78 Å². The Morgan fingerprint density at radius 2 is 1.61 bits per heavy atom. The van der Waals surface area contributed by atoms with Gasteiger partial charge in [0.2, 0.25) is 0 Å². The first-order valence-corrected chi connectivity index (χ1v) is 5.15. The summed E-state index contributed by atoms with van der Waals surface area (Å²) in [4.78, 5) is 0.